The van der Waals surface area contributed by atoms with Crippen LogP contribution in [-0.4, -0.2) is 24.3 Å². The predicted molar refractivity (Wildman–Crippen MR) is 108 cm³/mol. The van der Waals surface area contributed by atoms with Gasteiger partial charge in [0.25, 0.3) is 5.91 Å². The first-order valence-electron chi connectivity index (χ1n) is 8.10. The van der Waals surface area contributed by atoms with Crippen molar-refractivity contribution in [3.05, 3.63) is 65.7 Å². The molecule has 136 valence electrons. The standard InChI is InChI=1S/C21H16N2O3.CH4/c1-26-19-5-3-2-4-14(19)13-9-16-15-8-12(11-24)6-7-18(15)23-20(16)17(10-13)21(22)25;/h2-11,23H,1H3,(H2,22,25);1H4. The van der Waals surface area contributed by atoms with Crippen LogP contribution in [0.4, 0.5) is 0 Å². The highest BCUT2D eigenvalue weighted by Crippen LogP contribution is 2.36. The minimum absolute atomic E-state index is 0. The largest absolute Gasteiger partial charge is 0.496 e. The van der Waals surface area contributed by atoms with Crippen LogP contribution in [0.25, 0.3) is 32.9 Å². The normalized spacial score (nSPS) is 10.6. The number of carbonyl (C=O) groups excluding carboxylic acids is 2. The molecule has 1 heterocycles. The summed E-state index contributed by atoms with van der Waals surface area (Å²) in [5.74, 6) is 0.185. The van der Waals surface area contributed by atoms with Crippen LogP contribution in [0.5, 0.6) is 5.75 Å². The van der Waals surface area contributed by atoms with Crippen molar-refractivity contribution in [3.63, 3.8) is 0 Å². The molecule has 0 aliphatic carbocycles. The molecule has 1 aromatic heterocycles. The Morgan fingerprint density at radius 3 is 2.56 bits per heavy atom. The molecule has 0 bridgehead atoms. The number of ether oxygens (including phenoxy) is 1. The average molecular weight is 360 g/mol. The summed E-state index contributed by atoms with van der Waals surface area (Å²) in [6, 6.07) is 16.7. The average Bonchev–Trinajstić information content (AvgIpc) is 3.04. The van der Waals surface area contributed by atoms with Crippen LogP contribution >= 0.6 is 0 Å². The smallest absolute Gasteiger partial charge is 0.250 e. The van der Waals surface area contributed by atoms with Crippen LogP contribution in [-0.2, 0) is 0 Å². The number of nitrogens with two attached hydrogens (primary N) is 1. The summed E-state index contributed by atoms with van der Waals surface area (Å²) < 4.78 is 5.45. The van der Waals surface area contributed by atoms with Gasteiger partial charge in [0.1, 0.15) is 12.0 Å². The zero-order valence-corrected chi connectivity index (χ0v) is 14.1. The summed E-state index contributed by atoms with van der Waals surface area (Å²) in [6.07, 6.45) is 0.803. The molecular weight excluding hydrogens is 340 g/mol. The summed E-state index contributed by atoms with van der Waals surface area (Å²) in [4.78, 5) is 26.5. The number of nitrogens with one attached hydrogen (secondary N) is 1. The van der Waals surface area contributed by atoms with Crippen molar-refractivity contribution in [3.8, 4) is 16.9 Å². The number of primary amides is 1. The number of benzene rings is 3. The molecule has 3 N–H and O–H groups in total. The van der Waals surface area contributed by atoms with Crippen molar-refractivity contribution >= 4 is 34.0 Å². The highest BCUT2D eigenvalue weighted by molar-refractivity contribution is 6.16. The maximum absolute atomic E-state index is 12.1. The molecular formula is C22H20N2O3. The summed E-state index contributed by atoms with van der Waals surface area (Å²) in [7, 11) is 1.61. The van der Waals surface area contributed by atoms with Gasteiger partial charge in [-0.2, -0.15) is 0 Å². The molecule has 5 nitrogen and oxygen atoms in total. The lowest BCUT2D eigenvalue weighted by Crippen LogP contribution is -2.11. The summed E-state index contributed by atoms with van der Waals surface area (Å²) >= 11 is 0. The highest BCUT2D eigenvalue weighted by atomic mass is 16.5. The highest BCUT2D eigenvalue weighted by Gasteiger charge is 2.16. The first kappa shape index (κ1) is 18.2. The lowest BCUT2D eigenvalue weighted by atomic mass is 9.98. The second-order valence-corrected chi connectivity index (χ2v) is 6.06. The molecule has 0 unspecified atom stereocenters. The van der Waals surface area contributed by atoms with E-state index in [1.165, 1.54) is 0 Å². The maximum atomic E-state index is 12.1. The van der Waals surface area contributed by atoms with E-state index in [-0.39, 0.29) is 7.43 Å². The third-order valence-corrected chi connectivity index (χ3v) is 4.55. The maximum Gasteiger partial charge on any atom is 0.250 e. The van der Waals surface area contributed by atoms with Gasteiger partial charge in [-0.3, -0.25) is 9.59 Å². The number of amides is 1. The third-order valence-electron chi connectivity index (χ3n) is 4.55. The number of hydrogen-bond acceptors (Lipinski definition) is 3. The molecule has 4 rings (SSSR count). The number of para-hydroxylation sites is 1. The van der Waals surface area contributed by atoms with Gasteiger partial charge in [-0.15, -0.1) is 0 Å². The third kappa shape index (κ3) is 2.93. The number of hydrogen-bond donors (Lipinski definition) is 2. The SMILES string of the molecule is C.COc1ccccc1-c1cc(C(N)=O)c2[nH]c3ccc(C=O)cc3c2c1. The molecule has 0 saturated heterocycles. The first-order valence-corrected chi connectivity index (χ1v) is 8.10. The zero-order chi connectivity index (χ0) is 18.3. The topological polar surface area (TPSA) is 85.2 Å². The molecule has 1 amide bonds. The lowest BCUT2D eigenvalue weighted by Gasteiger charge is -2.10. The lowest BCUT2D eigenvalue weighted by molar-refractivity contribution is 0.100. The van der Waals surface area contributed by atoms with Gasteiger partial charge in [-0.05, 0) is 42.0 Å². The predicted octanol–water partition coefficient (Wildman–Crippen LogP) is 4.54. The van der Waals surface area contributed by atoms with E-state index in [1.54, 1.807) is 25.3 Å². The quantitative estimate of drug-likeness (QED) is 0.524. The van der Waals surface area contributed by atoms with Crippen LogP contribution in [0.15, 0.2) is 54.6 Å². The fraction of sp³-hybridized carbons (Fsp3) is 0.0909. The molecule has 4 aromatic rings. The number of rotatable bonds is 4. The monoisotopic (exact) mass is 360 g/mol. The number of aldehydes is 1. The number of fused-ring (bicyclic) bond motifs is 3. The van der Waals surface area contributed by atoms with Crippen molar-refractivity contribution in [1.29, 1.82) is 0 Å². The number of H-pyrrole nitrogens is 1. The van der Waals surface area contributed by atoms with Gasteiger partial charge in [-0.1, -0.05) is 25.6 Å². The Morgan fingerprint density at radius 1 is 1.07 bits per heavy atom. The minimum Gasteiger partial charge on any atom is -0.496 e. The molecule has 0 saturated carbocycles. The van der Waals surface area contributed by atoms with Crippen LogP contribution < -0.4 is 10.5 Å². The molecule has 0 atom stereocenters. The van der Waals surface area contributed by atoms with Crippen LogP contribution in [0.2, 0.25) is 0 Å². The van der Waals surface area contributed by atoms with Gasteiger partial charge in [0.05, 0.1) is 18.2 Å². The van der Waals surface area contributed by atoms with Crippen molar-refractivity contribution in [1.82, 2.24) is 4.98 Å². The van der Waals surface area contributed by atoms with Gasteiger partial charge in [0.2, 0.25) is 0 Å². The molecule has 5 heteroatoms. The van der Waals surface area contributed by atoms with Crippen molar-refractivity contribution in [2.75, 3.05) is 7.11 Å². The van der Waals surface area contributed by atoms with Crippen LogP contribution in [0.1, 0.15) is 28.1 Å². The van der Waals surface area contributed by atoms with E-state index in [4.69, 9.17) is 10.5 Å². The van der Waals surface area contributed by atoms with Crippen LogP contribution in [0, 0.1) is 0 Å². The Hall–Kier alpha value is -3.60. The molecule has 0 radical (unpaired) electrons. The Balaban J connectivity index is 0.00000210. The Kier molecular flexibility index (Phi) is 4.69. The number of methoxy groups -OCH3 is 1. The molecule has 0 aliphatic heterocycles. The van der Waals surface area contributed by atoms with E-state index in [9.17, 15) is 9.59 Å². The summed E-state index contributed by atoms with van der Waals surface area (Å²) in [6.45, 7) is 0. The first-order chi connectivity index (χ1) is 12.6. The van der Waals surface area contributed by atoms with Gasteiger partial charge >= 0.3 is 0 Å². The van der Waals surface area contributed by atoms with E-state index in [0.29, 0.717) is 22.4 Å². The number of carbonyl (C=O) groups is 2. The van der Waals surface area contributed by atoms with E-state index in [2.05, 4.69) is 4.98 Å². The molecule has 0 spiro atoms. The van der Waals surface area contributed by atoms with Crippen molar-refractivity contribution < 1.29 is 14.3 Å². The van der Waals surface area contributed by atoms with Crippen molar-refractivity contribution in [2.45, 2.75) is 7.43 Å². The van der Waals surface area contributed by atoms with E-state index in [0.717, 1.165) is 33.7 Å². The fourth-order valence-corrected chi connectivity index (χ4v) is 3.32. The zero-order valence-electron chi connectivity index (χ0n) is 14.1. The van der Waals surface area contributed by atoms with Gasteiger partial charge in [-0.25, -0.2) is 0 Å². The van der Waals surface area contributed by atoms with E-state index >= 15 is 0 Å². The fourth-order valence-electron chi connectivity index (χ4n) is 3.32. The number of aromatic amines is 1. The van der Waals surface area contributed by atoms with Gasteiger partial charge in [0.15, 0.2) is 0 Å². The summed E-state index contributed by atoms with van der Waals surface area (Å²) in [5.41, 5.74) is 9.78. The van der Waals surface area contributed by atoms with E-state index < -0.39 is 5.91 Å². The Bertz CT molecular complexity index is 1180. The van der Waals surface area contributed by atoms with Gasteiger partial charge in [0, 0.05) is 27.4 Å². The molecule has 0 fully saturated rings. The Labute approximate surface area is 156 Å². The molecule has 27 heavy (non-hydrogen) atoms. The second kappa shape index (κ2) is 6.96. The summed E-state index contributed by atoms with van der Waals surface area (Å²) in [5, 5.41) is 1.70. The van der Waals surface area contributed by atoms with Crippen LogP contribution in [0.3, 0.4) is 0 Å². The van der Waals surface area contributed by atoms with E-state index in [1.807, 2.05) is 36.4 Å². The number of aromatic nitrogens is 1. The molecule has 3 aromatic carbocycles. The van der Waals surface area contributed by atoms with Crippen molar-refractivity contribution in [2.24, 2.45) is 5.73 Å². The van der Waals surface area contributed by atoms with Gasteiger partial charge < -0.3 is 15.5 Å². The molecule has 0 aliphatic rings. The Morgan fingerprint density at radius 2 is 1.85 bits per heavy atom. The second-order valence-electron chi connectivity index (χ2n) is 6.06. The minimum atomic E-state index is -0.520.